The average molecular weight is 370 g/mol. The van der Waals surface area contributed by atoms with E-state index in [4.69, 9.17) is 22.7 Å². The van der Waals surface area contributed by atoms with E-state index in [1.165, 1.54) is 11.8 Å². The molecular weight excluding hydrogens is 342 g/mol. The standard InChI is InChI=1S/C22H28ClN3/c1-15(2)19-13-17(23)7-9-20(19)22(3,4)14-26-21-10-8-18(25)12-16(21)6-5-11-24/h7-13,24,26H,1,5-6,14,25H2,2-4H3. The fraction of sp³-hybridized carbons (Fsp3) is 0.318. The predicted molar refractivity (Wildman–Crippen MR) is 116 cm³/mol. The molecule has 2 aromatic rings. The molecule has 0 fully saturated rings. The van der Waals surface area contributed by atoms with Crippen molar-refractivity contribution in [2.75, 3.05) is 17.6 Å². The summed E-state index contributed by atoms with van der Waals surface area (Å²) in [5, 5.41) is 11.6. The summed E-state index contributed by atoms with van der Waals surface area (Å²) < 4.78 is 0. The molecule has 0 amide bonds. The average Bonchev–Trinajstić information content (AvgIpc) is 2.58. The van der Waals surface area contributed by atoms with Gasteiger partial charge in [-0.05, 0) is 73.0 Å². The van der Waals surface area contributed by atoms with Crippen molar-refractivity contribution in [1.82, 2.24) is 0 Å². The van der Waals surface area contributed by atoms with Crippen LogP contribution in [-0.2, 0) is 11.8 Å². The van der Waals surface area contributed by atoms with E-state index in [2.05, 4.69) is 31.8 Å². The first-order valence-electron chi connectivity index (χ1n) is 8.81. The van der Waals surface area contributed by atoms with E-state index in [0.717, 1.165) is 46.1 Å². The molecule has 0 spiro atoms. The van der Waals surface area contributed by atoms with Crippen molar-refractivity contribution < 1.29 is 0 Å². The number of allylic oxidation sites excluding steroid dienone is 1. The van der Waals surface area contributed by atoms with Crippen molar-refractivity contribution in [3.05, 3.63) is 64.7 Å². The number of hydrogen-bond donors (Lipinski definition) is 3. The van der Waals surface area contributed by atoms with E-state index < -0.39 is 0 Å². The maximum Gasteiger partial charge on any atom is 0.0412 e. The van der Waals surface area contributed by atoms with E-state index in [1.807, 2.05) is 37.3 Å². The van der Waals surface area contributed by atoms with Crippen LogP contribution in [0.1, 0.15) is 43.9 Å². The molecule has 0 radical (unpaired) electrons. The van der Waals surface area contributed by atoms with Gasteiger partial charge in [-0.1, -0.05) is 43.7 Å². The maximum atomic E-state index is 7.27. The fourth-order valence-electron chi connectivity index (χ4n) is 3.09. The Morgan fingerprint density at radius 3 is 2.65 bits per heavy atom. The molecule has 4 N–H and O–H groups in total. The van der Waals surface area contributed by atoms with Gasteiger partial charge in [-0.3, -0.25) is 0 Å². The van der Waals surface area contributed by atoms with E-state index >= 15 is 0 Å². The number of nitrogens with one attached hydrogen (secondary N) is 2. The highest BCUT2D eigenvalue weighted by Gasteiger charge is 2.24. The zero-order valence-electron chi connectivity index (χ0n) is 15.8. The van der Waals surface area contributed by atoms with Gasteiger partial charge < -0.3 is 16.5 Å². The van der Waals surface area contributed by atoms with Crippen LogP contribution in [0.4, 0.5) is 11.4 Å². The lowest BCUT2D eigenvalue weighted by atomic mass is 9.80. The molecule has 0 aromatic heterocycles. The molecule has 2 rings (SSSR count). The van der Waals surface area contributed by atoms with Gasteiger partial charge in [0.15, 0.2) is 0 Å². The first kappa shape index (κ1) is 20.1. The third-order valence-corrected chi connectivity index (χ3v) is 4.81. The normalized spacial score (nSPS) is 11.2. The highest BCUT2D eigenvalue weighted by atomic mass is 35.5. The van der Waals surface area contributed by atoms with Crippen molar-refractivity contribution in [3.63, 3.8) is 0 Å². The molecule has 3 nitrogen and oxygen atoms in total. The van der Waals surface area contributed by atoms with Gasteiger partial charge in [-0.25, -0.2) is 0 Å². The SMILES string of the molecule is C=C(C)c1cc(Cl)ccc1C(C)(C)CNc1ccc(N)cc1CCC=N. The molecule has 0 saturated carbocycles. The van der Waals surface area contributed by atoms with Crippen molar-refractivity contribution in [1.29, 1.82) is 5.41 Å². The van der Waals surface area contributed by atoms with Crippen LogP contribution in [0.3, 0.4) is 0 Å². The number of nitrogens with two attached hydrogens (primary N) is 1. The van der Waals surface area contributed by atoms with Crippen molar-refractivity contribution in [2.45, 2.75) is 39.0 Å². The third kappa shape index (κ3) is 4.89. The maximum absolute atomic E-state index is 7.27. The molecule has 0 aliphatic carbocycles. The number of hydrogen-bond acceptors (Lipinski definition) is 3. The van der Waals surface area contributed by atoms with E-state index in [9.17, 15) is 0 Å². The van der Waals surface area contributed by atoms with E-state index in [0.29, 0.717) is 6.42 Å². The van der Waals surface area contributed by atoms with Crippen LogP contribution in [-0.4, -0.2) is 12.8 Å². The molecule has 0 heterocycles. The fourth-order valence-corrected chi connectivity index (χ4v) is 3.26. The summed E-state index contributed by atoms with van der Waals surface area (Å²) in [5.74, 6) is 0. The molecule has 26 heavy (non-hydrogen) atoms. The highest BCUT2D eigenvalue weighted by Crippen LogP contribution is 2.33. The molecule has 0 aliphatic rings. The lowest BCUT2D eigenvalue weighted by Gasteiger charge is -2.29. The van der Waals surface area contributed by atoms with Gasteiger partial charge in [0.25, 0.3) is 0 Å². The minimum atomic E-state index is -0.112. The van der Waals surface area contributed by atoms with Crippen LogP contribution in [0, 0.1) is 5.41 Å². The van der Waals surface area contributed by atoms with Gasteiger partial charge >= 0.3 is 0 Å². The number of rotatable bonds is 8. The first-order valence-corrected chi connectivity index (χ1v) is 9.19. The molecule has 0 bridgehead atoms. The zero-order valence-corrected chi connectivity index (χ0v) is 16.6. The third-order valence-electron chi connectivity index (χ3n) is 4.58. The second-order valence-corrected chi connectivity index (χ2v) is 7.80. The number of aryl methyl sites for hydroxylation is 1. The Bertz CT molecular complexity index is 809. The van der Waals surface area contributed by atoms with Gasteiger partial charge in [-0.2, -0.15) is 0 Å². The highest BCUT2D eigenvalue weighted by molar-refractivity contribution is 6.30. The lowest BCUT2D eigenvalue weighted by Crippen LogP contribution is -2.29. The monoisotopic (exact) mass is 369 g/mol. The summed E-state index contributed by atoms with van der Waals surface area (Å²) in [6.45, 7) is 11.3. The summed E-state index contributed by atoms with van der Waals surface area (Å²) in [7, 11) is 0. The van der Waals surface area contributed by atoms with E-state index in [-0.39, 0.29) is 5.41 Å². The Kier molecular flexibility index (Phi) is 6.49. The topological polar surface area (TPSA) is 61.9 Å². The number of benzene rings is 2. The number of anilines is 2. The summed E-state index contributed by atoms with van der Waals surface area (Å²) in [4.78, 5) is 0. The summed E-state index contributed by atoms with van der Waals surface area (Å²) in [6.07, 6.45) is 2.94. The molecular formula is C22H28ClN3. The Morgan fingerprint density at radius 2 is 2.00 bits per heavy atom. The minimum Gasteiger partial charge on any atom is -0.399 e. The summed E-state index contributed by atoms with van der Waals surface area (Å²) in [6, 6.07) is 11.9. The van der Waals surface area contributed by atoms with Crippen LogP contribution in [0.15, 0.2) is 43.0 Å². The summed E-state index contributed by atoms with van der Waals surface area (Å²) >= 11 is 6.18. The largest absolute Gasteiger partial charge is 0.399 e. The van der Waals surface area contributed by atoms with Crippen molar-refractivity contribution >= 4 is 34.8 Å². The van der Waals surface area contributed by atoms with Crippen LogP contribution in [0.5, 0.6) is 0 Å². The van der Waals surface area contributed by atoms with Crippen LogP contribution in [0.2, 0.25) is 5.02 Å². The molecule has 138 valence electrons. The number of nitrogen functional groups attached to an aromatic ring is 1. The zero-order chi connectivity index (χ0) is 19.3. The van der Waals surface area contributed by atoms with Gasteiger partial charge in [-0.15, -0.1) is 0 Å². The number of halogens is 1. The Hall–Kier alpha value is -2.26. The lowest BCUT2D eigenvalue weighted by molar-refractivity contribution is 0.555. The van der Waals surface area contributed by atoms with Crippen molar-refractivity contribution in [2.24, 2.45) is 0 Å². The molecule has 0 aliphatic heterocycles. The Labute approximate surface area is 161 Å². The predicted octanol–water partition coefficient (Wildman–Crippen LogP) is 5.93. The van der Waals surface area contributed by atoms with E-state index in [1.54, 1.807) is 0 Å². The van der Waals surface area contributed by atoms with Crippen LogP contribution < -0.4 is 11.1 Å². The van der Waals surface area contributed by atoms with Gasteiger partial charge in [0.1, 0.15) is 0 Å². The smallest absolute Gasteiger partial charge is 0.0412 e. The quantitative estimate of drug-likeness (QED) is 0.399. The second-order valence-electron chi connectivity index (χ2n) is 7.37. The molecule has 4 heteroatoms. The Morgan fingerprint density at radius 1 is 1.27 bits per heavy atom. The Balaban J connectivity index is 2.26. The van der Waals surface area contributed by atoms with Gasteiger partial charge in [0.05, 0.1) is 0 Å². The van der Waals surface area contributed by atoms with Crippen LogP contribution >= 0.6 is 11.6 Å². The summed E-state index contributed by atoms with van der Waals surface area (Å²) in [5.41, 5.74) is 12.1. The van der Waals surface area contributed by atoms with Crippen molar-refractivity contribution in [3.8, 4) is 0 Å². The minimum absolute atomic E-state index is 0.112. The molecule has 0 unspecified atom stereocenters. The van der Waals surface area contributed by atoms with Gasteiger partial charge in [0, 0.05) is 28.4 Å². The van der Waals surface area contributed by atoms with Gasteiger partial charge in [0.2, 0.25) is 0 Å². The molecule has 0 saturated heterocycles. The van der Waals surface area contributed by atoms with Crippen LogP contribution in [0.25, 0.3) is 5.57 Å². The molecule has 2 aromatic carbocycles. The first-order chi connectivity index (χ1) is 12.2. The molecule has 0 atom stereocenters. The second kappa shape index (κ2) is 8.41.